The van der Waals surface area contributed by atoms with Crippen LogP contribution in [0.25, 0.3) is 0 Å². The van der Waals surface area contributed by atoms with Crippen LogP contribution in [0.15, 0.2) is 29.2 Å². The Morgan fingerprint density at radius 3 is 2.52 bits per heavy atom. The second-order valence-corrected chi connectivity index (χ2v) is 7.42. The standard InChI is InChI=1S/C17H26FNOS/c1-2-12-19-17(14-6-4-3-5-7-14)13-21(20)16-10-8-15(18)9-11-16/h8-11,14,17,19H,2-7,12-13H2,1H3. The second-order valence-electron chi connectivity index (χ2n) is 5.92. The van der Waals surface area contributed by atoms with E-state index in [-0.39, 0.29) is 5.82 Å². The number of rotatable bonds is 7. The molecule has 1 N–H and O–H groups in total. The number of hydrogen-bond donors (Lipinski definition) is 1. The molecule has 1 saturated carbocycles. The highest BCUT2D eigenvalue weighted by Gasteiger charge is 2.25. The molecule has 0 bridgehead atoms. The fraction of sp³-hybridized carbons (Fsp3) is 0.647. The highest BCUT2D eigenvalue weighted by atomic mass is 32.2. The van der Waals surface area contributed by atoms with Crippen molar-refractivity contribution in [3.63, 3.8) is 0 Å². The number of hydrogen-bond acceptors (Lipinski definition) is 2. The van der Waals surface area contributed by atoms with E-state index >= 15 is 0 Å². The van der Waals surface area contributed by atoms with E-state index in [1.165, 1.54) is 44.2 Å². The van der Waals surface area contributed by atoms with Crippen LogP contribution in [0.2, 0.25) is 0 Å². The monoisotopic (exact) mass is 311 g/mol. The average molecular weight is 311 g/mol. The van der Waals surface area contributed by atoms with E-state index < -0.39 is 10.8 Å². The van der Waals surface area contributed by atoms with Gasteiger partial charge in [0.25, 0.3) is 0 Å². The molecule has 1 fully saturated rings. The predicted octanol–water partition coefficient (Wildman–Crippen LogP) is 3.88. The number of benzene rings is 1. The Bertz CT molecular complexity index is 443. The van der Waals surface area contributed by atoms with Gasteiger partial charge in [-0.05, 0) is 56.0 Å². The molecule has 2 unspecified atom stereocenters. The van der Waals surface area contributed by atoms with Crippen molar-refractivity contribution in [3.8, 4) is 0 Å². The zero-order valence-electron chi connectivity index (χ0n) is 12.8. The van der Waals surface area contributed by atoms with Gasteiger partial charge in [0, 0.05) is 16.7 Å². The molecule has 0 radical (unpaired) electrons. The number of nitrogens with one attached hydrogen (secondary N) is 1. The van der Waals surface area contributed by atoms with Gasteiger partial charge in [0.2, 0.25) is 0 Å². The third-order valence-corrected chi connectivity index (χ3v) is 5.74. The van der Waals surface area contributed by atoms with Crippen molar-refractivity contribution in [2.45, 2.75) is 56.4 Å². The van der Waals surface area contributed by atoms with Crippen LogP contribution >= 0.6 is 0 Å². The molecule has 118 valence electrons. The van der Waals surface area contributed by atoms with Crippen LogP contribution in [0, 0.1) is 11.7 Å². The van der Waals surface area contributed by atoms with E-state index in [2.05, 4.69) is 12.2 Å². The Kier molecular flexibility index (Phi) is 6.84. The Hall–Kier alpha value is -0.740. The van der Waals surface area contributed by atoms with Crippen LogP contribution in [0.1, 0.15) is 45.4 Å². The molecule has 0 amide bonds. The summed E-state index contributed by atoms with van der Waals surface area (Å²) in [7, 11) is -1.06. The van der Waals surface area contributed by atoms with Gasteiger partial charge in [0.15, 0.2) is 0 Å². The summed E-state index contributed by atoms with van der Waals surface area (Å²) in [5, 5.41) is 3.58. The molecule has 0 aromatic heterocycles. The van der Waals surface area contributed by atoms with Gasteiger partial charge in [-0.25, -0.2) is 4.39 Å². The minimum atomic E-state index is -1.06. The molecule has 2 atom stereocenters. The smallest absolute Gasteiger partial charge is 0.123 e. The van der Waals surface area contributed by atoms with Gasteiger partial charge < -0.3 is 5.32 Å². The van der Waals surface area contributed by atoms with E-state index in [0.29, 0.717) is 17.7 Å². The SMILES string of the molecule is CCCNC(CS(=O)c1ccc(F)cc1)C1CCCCC1. The van der Waals surface area contributed by atoms with Gasteiger partial charge in [0.05, 0.1) is 10.8 Å². The molecule has 2 rings (SSSR count). The minimum absolute atomic E-state index is 0.274. The molecule has 2 nitrogen and oxygen atoms in total. The average Bonchev–Trinajstić information content (AvgIpc) is 2.52. The minimum Gasteiger partial charge on any atom is -0.313 e. The second kappa shape index (κ2) is 8.64. The zero-order chi connectivity index (χ0) is 15.1. The lowest BCUT2D eigenvalue weighted by Crippen LogP contribution is -2.41. The van der Waals surface area contributed by atoms with Crippen LogP contribution < -0.4 is 5.32 Å². The first-order chi connectivity index (χ1) is 10.2. The van der Waals surface area contributed by atoms with Crippen molar-refractivity contribution in [3.05, 3.63) is 30.1 Å². The maximum Gasteiger partial charge on any atom is 0.123 e. The molecule has 1 aromatic carbocycles. The summed E-state index contributed by atoms with van der Waals surface area (Å²) in [6, 6.07) is 6.38. The van der Waals surface area contributed by atoms with Crippen molar-refractivity contribution < 1.29 is 8.60 Å². The molecule has 0 heterocycles. The molecular weight excluding hydrogens is 285 g/mol. The van der Waals surface area contributed by atoms with Crippen molar-refractivity contribution in [1.29, 1.82) is 0 Å². The molecule has 1 aliphatic rings. The van der Waals surface area contributed by atoms with Crippen LogP contribution in [0.5, 0.6) is 0 Å². The van der Waals surface area contributed by atoms with Crippen molar-refractivity contribution in [2.24, 2.45) is 5.92 Å². The third-order valence-electron chi connectivity index (χ3n) is 4.28. The van der Waals surface area contributed by atoms with Gasteiger partial charge in [-0.1, -0.05) is 26.2 Å². The van der Waals surface area contributed by atoms with E-state index in [4.69, 9.17) is 0 Å². The first-order valence-corrected chi connectivity index (χ1v) is 9.40. The molecule has 0 spiro atoms. The zero-order valence-corrected chi connectivity index (χ0v) is 13.6. The molecule has 1 aliphatic carbocycles. The molecule has 4 heteroatoms. The van der Waals surface area contributed by atoms with E-state index in [0.717, 1.165) is 17.9 Å². The summed E-state index contributed by atoms with van der Waals surface area (Å²) in [5.74, 6) is 0.995. The maximum atomic E-state index is 13.0. The first kappa shape index (κ1) is 16.6. The third kappa shape index (κ3) is 5.19. The lowest BCUT2D eigenvalue weighted by molar-refractivity contribution is 0.284. The summed E-state index contributed by atoms with van der Waals surface area (Å²) in [6.45, 7) is 3.13. The molecule has 0 aliphatic heterocycles. The van der Waals surface area contributed by atoms with Crippen LogP contribution in [0.4, 0.5) is 4.39 Å². The van der Waals surface area contributed by atoms with E-state index in [1.807, 2.05) is 0 Å². The lowest BCUT2D eigenvalue weighted by Gasteiger charge is -2.31. The van der Waals surface area contributed by atoms with Crippen LogP contribution in [-0.4, -0.2) is 22.5 Å². The van der Waals surface area contributed by atoms with Crippen molar-refractivity contribution >= 4 is 10.8 Å². The summed E-state index contributed by atoms with van der Waals surface area (Å²) < 4.78 is 25.5. The fourth-order valence-corrected chi connectivity index (χ4v) is 4.42. The predicted molar refractivity (Wildman–Crippen MR) is 86.3 cm³/mol. The number of halogens is 1. The van der Waals surface area contributed by atoms with Gasteiger partial charge in [0.1, 0.15) is 5.82 Å². The molecule has 1 aromatic rings. The van der Waals surface area contributed by atoms with E-state index in [1.54, 1.807) is 12.1 Å². The quantitative estimate of drug-likeness (QED) is 0.828. The van der Waals surface area contributed by atoms with Crippen LogP contribution in [-0.2, 0) is 10.8 Å². The van der Waals surface area contributed by atoms with Crippen molar-refractivity contribution in [1.82, 2.24) is 5.32 Å². The summed E-state index contributed by atoms with van der Waals surface area (Å²) in [5.41, 5.74) is 0. The van der Waals surface area contributed by atoms with Gasteiger partial charge in [-0.3, -0.25) is 4.21 Å². The largest absolute Gasteiger partial charge is 0.313 e. The highest BCUT2D eigenvalue weighted by molar-refractivity contribution is 7.85. The summed E-state index contributed by atoms with van der Waals surface area (Å²) >= 11 is 0. The first-order valence-electron chi connectivity index (χ1n) is 8.08. The topological polar surface area (TPSA) is 29.1 Å². The Morgan fingerprint density at radius 1 is 1.24 bits per heavy atom. The molecule has 0 saturated heterocycles. The summed E-state index contributed by atoms with van der Waals surface area (Å²) in [6.07, 6.45) is 7.48. The Morgan fingerprint density at radius 2 is 1.90 bits per heavy atom. The van der Waals surface area contributed by atoms with Crippen molar-refractivity contribution in [2.75, 3.05) is 12.3 Å². The Balaban J connectivity index is 1.99. The molecule has 21 heavy (non-hydrogen) atoms. The van der Waals surface area contributed by atoms with Crippen LogP contribution in [0.3, 0.4) is 0 Å². The fourth-order valence-electron chi connectivity index (χ4n) is 3.07. The summed E-state index contributed by atoms with van der Waals surface area (Å²) in [4.78, 5) is 0.732. The highest BCUT2D eigenvalue weighted by Crippen LogP contribution is 2.27. The maximum absolute atomic E-state index is 13.0. The molecular formula is C17H26FNOS. The lowest BCUT2D eigenvalue weighted by atomic mass is 9.84. The normalized spacial score (nSPS) is 19.3. The van der Waals surface area contributed by atoms with Gasteiger partial charge >= 0.3 is 0 Å². The van der Waals surface area contributed by atoms with Gasteiger partial charge in [-0.15, -0.1) is 0 Å². The van der Waals surface area contributed by atoms with E-state index in [9.17, 15) is 8.60 Å². The van der Waals surface area contributed by atoms with Gasteiger partial charge in [-0.2, -0.15) is 0 Å². The Labute approximate surface area is 130 Å².